The third-order valence-electron chi connectivity index (χ3n) is 4.19. The molecule has 0 atom stereocenters. The van der Waals surface area contributed by atoms with E-state index < -0.39 is 0 Å². The molecule has 1 amide bonds. The van der Waals surface area contributed by atoms with Crippen molar-refractivity contribution in [3.05, 3.63) is 29.8 Å². The molecule has 0 N–H and O–H groups in total. The molecule has 1 aliphatic rings. The second kappa shape index (κ2) is 10.0. The molecule has 0 saturated heterocycles. The van der Waals surface area contributed by atoms with Crippen molar-refractivity contribution in [2.24, 2.45) is 0 Å². The van der Waals surface area contributed by atoms with Crippen molar-refractivity contribution in [3.8, 4) is 11.5 Å². The Labute approximate surface area is 145 Å². The number of rotatable bonds is 10. The monoisotopic (exact) mass is 331 g/mol. The summed E-state index contributed by atoms with van der Waals surface area (Å²) in [5, 5.41) is 0. The number of fused-ring (bicyclic) bond motifs is 1. The number of hydrogen-bond acceptors (Lipinski definition) is 3. The molecular weight excluding hydrogens is 302 g/mol. The first-order valence-electron chi connectivity index (χ1n) is 9.11. The van der Waals surface area contributed by atoms with E-state index in [2.05, 4.69) is 13.8 Å². The van der Waals surface area contributed by atoms with Crippen LogP contribution in [-0.4, -0.2) is 30.7 Å². The maximum absolute atomic E-state index is 12.5. The van der Waals surface area contributed by atoms with Crippen LogP contribution in [0.2, 0.25) is 0 Å². The van der Waals surface area contributed by atoms with Crippen LogP contribution in [0.5, 0.6) is 11.5 Å². The minimum atomic E-state index is 0.0971. The molecule has 0 aromatic heterocycles. The summed E-state index contributed by atoms with van der Waals surface area (Å²) in [4.78, 5) is 14.5. The van der Waals surface area contributed by atoms with E-state index in [1.807, 2.05) is 29.2 Å². The highest BCUT2D eigenvalue weighted by Crippen LogP contribution is 2.32. The molecule has 1 aromatic carbocycles. The van der Waals surface area contributed by atoms with E-state index in [9.17, 15) is 4.79 Å². The Bertz CT molecular complexity index is 544. The van der Waals surface area contributed by atoms with Gasteiger partial charge in [-0.2, -0.15) is 0 Å². The van der Waals surface area contributed by atoms with Crippen LogP contribution in [-0.2, 0) is 4.79 Å². The van der Waals surface area contributed by atoms with Crippen LogP contribution in [0.1, 0.15) is 57.9 Å². The lowest BCUT2D eigenvalue weighted by atomic mass is 10.1. The molecule has 0 unspecified atom stereocenters. The first-order valence-corrected chi connectivity index (χ1v) is 9.11. The van der Waals surface area contributed by atoms with Crippen molar-refractivity contribution in [1.82, 2.24) is 4.90 Å². The minimum Gasteiger partial charge on any atom is -0.454 e. The van der Waals surface area contributed by atoms with Gasteiger partial charge in [-0.05, 0) is 36.6 Å². The molecule has 1 aliphatic heterocycles. The van der Waals surface area contributed by atoms with Gasteiger partial charge in [0.05, 0.1) is 0 Å². The maximum Gasteiger partial charge on any atom is 0.246 e. The summed E-state index contributed by atoms with van der Waals surface area (Å²) in [6.07, 6.45) is 10.4. The summed E-state index contributed by atoms with van der Waals surface area (Å²) < 4.78 is 10.7. The fourth-order valence-electron chi connectivity index (χ4n) is 2.73. The lowest BCUT2D eigenvalue weighted by Crippen LogP contribution is -2.31. The van der Waals surface area contributed by atoms with Crippen molar-refractivity contribution in [1.29, 1.82) is 0 Å². The van der Waals surface area contributed by atoms with E-state index in [0.29, 0.717) is 0 Å². The Kier molecular flexibility index (Phi) is 7.66. The highest BCUT2D eigenvalue weighted by atomic mass is 16.7. The zero-order valence-electron chi connectivity index (χ0n) is 14.9. The van der Waals surface area contributed by atoms with Crippen LogP contribution < -0.4 is 9.47 Å². The Balaban J connectivity index is 1.94. The number of carbonyl (C=O) groups excluding carboxylic acids is 1. The van der Waals surface area contributed by atoms with Crippen molar-refractivity contribution in [2.75, 3.05) is 19.9 Å². The van der Waals surface area contributed by atoms with Crippen molar-refractivity contribution in [3.63, 3.8) is 0 Å². The van der Waals surface area contributed by atoms with Crippen LogP contribution in [0.3, 0.4) is 0 Å². The predicted molar refractivity (Wildman–Crippen MR) is 97.2 cm³/mol. The number of benzene rings is 1. The molecule has 0 saturated carbocycles. The van der Waals surface area contributed by atoms with Gasteiger partial charge in [0.1, 0.15) is 0 Å². The summed E-state index contributed by atoms with van der Waals surface area (Å²) in [5.74, 6) is 1.60. The number of ether oxygens (including phenoxy) is 2. The SMILES string of the molecule is CCCCCN(CCCCC)C(=O)C=Cc1ccc2c(c1)OCO2. The Morgan fingerprint density at radius 3 is 2.38 bits per heavy atom. The van der Waals surface area contributed by atoms with Gasteiger partial charge in [0.25, 0.3) is 0 Å². The largest absolute Gasteiger partial charge is 0.454 e. The molecule has 4 nitrogen and oxygen atoms in total. The summed E-state index contributed by atoms with van der Waals surface area (Å²) in [7, 11) is 0. The Morgan fingerprint density at radius 2 is 1.71 bits per heavy atom. The molecule has 0 spiro atoms. The minimum absolute atomic E-state index is 0.0971. The molecule has 0 radical (unpaired) electrons. The van der Waals surface area contributed by atoms with Gasteiger partial charge in [-0.3, -0.25) is 4.79 Å². The van der Waals surface area contributed by atoms with Gasteiger partial charge in [-0.15, -0.1) is 0 Å². The Morgan fingerprint density at radius 1 is 1.04 bits per heavy atom. The van der Waals surface area contributed by atoms with Gasteiger partial charge in [0.2, 0.25) is 12.7 Å². The quantitative estimate of drug-likeness (QED) is 0.463. The highest BCUT2D eigenvalue weighted by molar-refractivity contribution is 5.91. The zero-order chi connectivity index (χ0) is 17.2. The van der Waals surface area contributed by atoms with E-state index in [-0.39, 0.29) is 12.7 Å². The number of unbranched alkanes of at least 4 members (excludes halogenated alkanes) is 4. The summed E-state index contributed by atoms with van der Waals surface area (Å²) in [6, 6.07) is 5.73. The van der Waals surface area contributed by atoms with E-state index in [1.165, 1.54) is 25.7 Å². The van der Waals surface area contributed by atoms with Crippen LogP contribution in [0.15, 0.2) is 24.3 Å². The average molecular weight is 331 g/mol. The molecule has 0 bridgehead atoms. The van der Waals surface area contributed by atoms with Crippen molar-refractivity contribution < 1.29 is 14.3 Å². The second-order valence-electron chi connectivity index (χ2n) is 6.19. The molecule has 4 heteroatoms. The van der Waals surface area contributed by atoms with Crippen LogP contribution in [0, 0.1) is 0 Å². The first-order chi connectivity index (χ1) is 11.7. The molecular formula is C20H29NO3. The normalized spacial score (nSPS) is 12.8. The lowest BCUT2D eigenvalue weighted by Gasteiger charge is -2.21. The molecule has 0 fully saturated rings. The van der Waals surface area contributed by atoms with Crippen molar-refractivity contribution in [2.45, 2.75) is 52.4 Å². The molecule has 132 valence electrons. The third-order valence-corrected chi connectivity index (χ3v) is 4.19. The number of hydrogen-bond donors (Lipinski definition) is 0. The van der Waals surface area contributed by atoms with E-state index in [4.69, 9.17) is 9.47 Å². The fraction of sp³-hybridized carbons (Fsp3) is 0.550. The van der Waals surface area contributed by atoms with Crippen LogP contribution in [0.4, 0.5) is 0 Å². The van der Waals surface area contributed by atoms with E-state index in [1.54, 1.807) is 6.08 Å². The fourth-order valence-corrected chi connectivity index (χ4v) is 2.73. The summed E-state index contributed by atoms with van der Waals surface area (Å²) in [5.41, 5.74) is 0.953. The Hall–Kier alpha value is -1.97. The third kappa shape index (κ3) is 5.59. The van der Waals surface area contributed by atoms with Gasteiger partial charge in [-0.25, -0.2) is 0 Å². The summed E-state index contributed by atoms with van der Waals surface area (Å²) in [6.45, 7) is 6.33. The van der Waals surface area contributed by atoms with E-state index >= 15 is 0 Å². The number of nitrogens with zero attached hydrogens (tertiary/aromatic N) is 1. The standard InChI is InChI=1S/C20H29NO3/c1-3-5-7-13-21(14-8-6-4-2)20(22)12-10-17-9-11-18-19(15-17)24-16-23-18/h9-12,15H,3-8,13-14,16H2,1-2H3. The molecule has 24 heavy (non-hydrogen) atoms. The van der Waals surface area contributed by atoms with E-state index in [0.717, 1.165) is 43.0 Å². The van der Waals surface area contributed by atoms with Crippen LogP contribution in [0.25, 0.3) is 6.08 Å². The molecule has 1 heterocycles. The van der Waals surface area contributed by atoms with Crippen LogP contribution >= 0.6 is 0 Å². The zero-order valence-corrected chi connectivity index (χ0v) is 14.9. The van der Waals surface area contributed by atoms with Crippen molar-refractivity contribution >= 4 is 12.0 Å². The second-order valence-corrected chi connectivity index (χ2v) is 6.19. The number of amides is 1. The lowest BCUT2D eigenvalue weighted by molar-refractivity contribution is -0.126. The van der Waals surface area contributed by atoms with Gasteiger partial charge in [-0.1, -0.05) is 45.6 Å². The van der Waals surface area contributed by atoms with Gasteiger partial charge in [0, 0.05) is 19.2 Å². The molecule has 1 aromatic rings. The maximum atomic E-state index is 12.5. The number of carbonyl (C=O) groups is 1. The van der Waals surface area contributed by atoms with Gasteiger partial charge < -0.3 is 14.4 Å². The molecule has 0 aliphatic carbocycles. The van der Waals surface area contributed by atoms with Gasteiger partial charge >= 0.3 is 0 Å². The first kappa shape index (κ1) is 18.4. The smallest absolute Gasteiger partial charge is 0.246 e. The van der Waals surface area contributed by atoms with Gasteiger partial charge in [0.15, 0.2) is 11.5 Å². The highest BCUT2D eigenvalue weighted by Gasteiger charge is 2.13. The molecule has 2 rings (SSSR count). The summed E-state index contributed by atoms with van der Waals surface area (Å²) >= 11 is 0. The average Bonchev–Trinajstić information content (AvgIpc) is 3.06. The predicted octanol–water partition coefficient (Wildman–Crippen LogP) is 4.64. The topological polar surface area (TPSA) is 38.8 Å².